The maximum atomic E-state index is 13.9. The van der Waals surface area contributed by atoms with E-state index in [2.05, 4.69) is 21.2 Å². The number of methoxy groups -OCH3 is 1. The highest BCUT2D eigenvalue weighted by Gasteiger charge is 2.15. The van der Waals surface area contributed by atoms with Crippen LogP contribution in [-0.2, 0) is 6.42 Å². The first kappa shape index (κ1) is 15.9. The summed E-state index contributed by atoms with van der Waals surface area (Å²) in [6.07, 6.45) is 0.463. The van der Waals surface area contributed by atoms with Crippen LogP contribution in [0.2, 0.25) is 0 Å². The summed E-state index contributed by atoms with van der Waals surface area (Å²) in [7, 11) is 3.21. The molecule has 2 aromatic rings. The molecule has 0 heterocycles. The van der Waals surface area contributed by atoms with Gasteiger partial charge in [0.05, 0.1) is 7.11 Å². The second-order valence-electron chi connectivity index (χ2n) is 4.68. The van der Waals surface area contributed by atoms with Gasteiger partial charge in [0.25, 0.3) is 0 Å². The Morgan fingerprint density at radius 2 is 1.90 bits per heavy atom. The van der Waals surface area contributed by atoms with Crippen molar-refractivity contribution in [2.75, 3.05) is 14.2 Å². The third-order valence-corrected chi connectivity index (χ3v) is 3.86. The molecule has 0 aliphatic carbocycles. The summed E-state index contributed by atoms with van der Waals surface area (Å²) in [6.45, 7) is 0. The molecule has 1 atom stereocenters. The topological polar surface area (TPSA) is 21.3 Å². The zero-order valence-electron chi connectivity index (χ0n) is 11.8. The lowest BCUT2D eigenvalue weighted by Gasteiger charge is -2.18. The Labute approximate surface area is 131 Å². The minimum absolute atomic E-state index is 0.129. The third-order valence-electron chi connectivity index (χ3n) is 3.37. The zero-order valence-corrected chi connectivity index (χ0v) is 13.4. The van der Waals surface area contributed by atoms with Crippen molar-refractivity contribution in [3.63, 3.8) is 0 Å². The number of hydrogen-bond acceptors (Lipinski definition) is 2. The second kappa shape index (κ2) is 7.00. The Hall–Kier alpha value is -1.46. The van der Waals surface area contributed by atoms with E-state index < -0.39 is 5.82 Å². The van der Waals surface area contributed by atoms with Gasteiger partial charge in [-0.25, -0.2) is 8.78 Å². The van der Waals surface area contributed by atoms with Crippen molar-refractivity contribution in [1.82, 2.24) is 5.32 Å². The molecule has 0 saturated heterocycles. The largest absolute Gasteiger partial charge is 0.494 e. The van der Waals surface area contributed by atoms with Crippen molar-refractivity contribution in [2.24, 2.45) is 0 Å². The van der Waals surface area contributed by atoms with Crippen LogP contribution in [0.15, 0.2) is 40.9 Å². The average Bonchev–Trinajstić information content (AvgIpc) is 2.47. The van der Waals surface area contributed by atoms with E-state index in [0.29, 0.717) is 16.5 Å². The molecular weight excluding hydrogens is 340 g/mol. The minimum atomic E-state index is -0.411. The van der Waals surface area contributed by atoms with E-state index in [1.807, 2.05) is 0 Å². The average molecular weight is 356 g/mol. The van der Waals surface area contributed by atoms with E-state index in [4.69, 9.17) is 4.74 Å². The quantitative estimate of drug-likeness (QED) is 0.865. The van der Waals surface area contributed by atoms with Crippen LogP contribution in [0.4, 0.5) is 8.78 Å². The SMILES string of the molecule is CNC(Cc1ccc(Br)cc1F)c1ccc(F)c(OC)c1. The third kappa shape index (κ3) is 3.80. The van der Waals surface area contributed by atoms with Gasteiger partial charge < -0.3 is 10.1 Å². The monoisotopic (exact) mass is 355 g/mol. The summed E-state index contributed by atoms with van der Waals surface area (Å²) in [4.78, 5) is 0. The number of benzene rings is 2. The van der Waals surface area contributed by atoms with Crippen LogP contribution in [0.1, 0.15) is 17.2 Å². The standard InChI is InChI=1S/C16H16BrF2NO/c1-20-15(7-10-3-5-12(17)9-14(10)19)11-4-6-13(18)16(8-11)21-2/h3-6,8-9,15,20H,7H2,1-2H3. The summed E-state index contributed by atoms with van der Waals surface area (Å²) in [5.74, 6) is -0.492. The predicted molar refractivity (Wildman–Crippen MR) is 82.6 cm³/mol. The molecule has 0 aliphatic rings. The smallest absolute Gasteiger partial charge is 0.165 e. The van der Waals surface area contributed by atoms with Crippen LogP contribution in [-0.4, -0.2) is 14.2 Å². The van der Waals surface area contributed by atoms with E-state index >= 15 is 0 Å². The van der Waals surface area contributed by atoms with Crippen LogP contribution in [0, 0.1) is 11.6 Å². The van der Waals surface area contributed by atoms with Gasteiger partial charge in [-0.05, 0) is 48.9 Å². The number of hydrogen-bond donors (Lipinski definition) is 1. The van der Waals surface area contributed by atoms with Gasteiger partial charge in [-0.3, -0.25) is 0 Å². The molecule has 0 amide bonds. The molecule has 0 radical (unpaired) electrons. The molecule has 21 heavy (non-hydrogen) atoms. The normalized spacial score (nSPS) is 12.2. The Kier molecular flexibility index (Phi) is 5.31. The summed E-state index contributed by atoms with van der Waals surface area (Å²) < 4.78 is 33.1. The molecule has 0 aromatic heterocycles. The van der Waals surface area contributed by atoms with E-state index in [1.54, 1.807) is 31.3 Å². The molecule has 2 rings (SSSR count). The Morgan fingerprint density at radius 1 is 1.14 bits per heavy atom. The summed E-state index contributed by atoms with van der Waals surface area (Å²) >= 11 is 3.24. The molecule has 112 valence electrons. The second-order valence-corrected chi connectivity index (χ2v) is 5.59. The lowest BCUT2D eigenvalue weighted by molar-refractivity contribution is 0.385. The molecule has 2 nitrogen and oxygen atoms in total. The van der Waals surface area contributed by atoms with Crippen molar-refractivity contribution in [1.29, 1.82) is 0 Å². The molecule has 0 aliphatic heterocycles. The molecule has 1 N–H and O–H groups in total. The molecule has 1 unspecified atom stereocenters. The van der Waals surface area contributed by atoms with Crippen LogP contribution in [0.5, 0.6) is 5.75 Å². The van der Waals surface area contributed by atoms with E-state index in [1.165, 1.54) is 19.2 Å². The Balaban J connectivity index is 2.27. The van der Waals surface area contributed by atoms with Gasteiger partial charge in [-0.2, -0.15) is 0 Å². The number of likely N-dealkylation sites (N-methyl/N-ethyl adjacent to an activating group) is 1. The molecule has 0 saturated carbocycles. The van der Waals surface area contributed by atoms with Crippen LogP contribution in [0.25, 0.3) is 0 Å². The van der Waals surface area contributed by atoms with Crippen molar-refractivity contribution in [3.8, 4) is 5.75 Å². The van der Waals surface area contributed by atoms with Crippen molar-refractivity contribution < 1.29 is 13.5 Å². The fourth-order valence-corrected chi connectivity index (χ4v) is 2.52. The maximum absolute atomic E-state index is 13.9. The lowest BCUT2D eigenvalue weighted by Crippen LogP contribution is -2.19. The van der Waals surface area contributed by atoms with Crippen molar-refractivity contribution in [2.45, 2.75) is 12.5 Å². The zero-order chi connectivity index (χ0) is 15.4. The molecular formula is C16H16BrF2NO. The molecule has 0 bridgehead atoms. The van der Waals surface area contributed by atoms with Crippen molar-refractivity contribution in [3.05, 3.63) is 63.6 Å². The highest BCUT2D eigenvalue weighted by Crippen LogP contribution is 2.26. The van der Waals surface area contributed by atoms with Crippen LogP contribution < -0.4 is 10.1 Å². The van der Waals surface area contributed by atoms with E-state index in [0.717, 1.165) is 5.56 Å². The highest BCUT2D eigenvalue weighted by atomic mass is 79.9. The van der Waals surface area contributed by atoms with Crippen molar-refractivity contribution >= 4 is 15.9 Å². The Bertz CT molecular complexity index is 634. The van der Waals surface area contributed by atoms with Gasteiger partial charge in [-0.15, -0.1) is 0 Å². The maximum Gasteiger partial charge on any atom is 0.165 e. The van der Waals surface area contributed by atoms with Crippen LogP contribution in [0.3, 0.4) is 0 Å². The van der Waals surface area contributed by atoms with Gasteiger partial charge in [0.1, 0.15) is 5.82 Å². The van der Waals surface area contributed by atoms with Gasteiger partial charge >= 0.3 is 0 Å². The fourth-order valence-electron chi connectivity index (χ4n) is 2.19. The minimum Gasteiger partial charge on any atom is -0.494 e. The molecule has 5 heteroatoms. The number of ether oxygens (including phenoxy) is 1. The fraction of sp³-hybridized carbons (Fsp3) is 0.250. The first-order chi connectivity index (χ1) is 10.0. The number of halogens is 3. The molecule has 2 aromatic carbocycles. The lowest BCUT2D eigenvalue weighted by atomic mass is 9.98. The summed E-state index contributed by atoms with van der Waals surface area (Å²) in [5.41, 5.74) is 1.44. The van der Waals surface area contributed by atoms with E-state index in [-0.39, 0.29) is 17.6 Å². The van der Waals surface area contributed by atoms with Crippen LogP contribution >= 0.6 is 15.9 Å². The summed E-state index contributed by atoms with van der Waals surface area (Å²) in [5, 5.41) is 3.12. The first-order valence-corrected chi connectivity index (χ1v) is 7.29. The molecule has 0 fully saturated rings. The summed E-state index contributed by atoms with van der Waals surface area (Å²) in [6, 6.07) is 9.52. The van der Waals surface area contributed by atoms with Gasteiger partial charge in [0.2, 0.25) is 0 Å². The molecule has 0 spiro atoms. The number of nitrogens with one attached hydrogen (secondary N) is 1. The van der Waals surface area contributed by atoms with Gasteiger partial charge in [-0.1, -0.05) is 28.1 Å². The Morgan fingerprint density at radius 3 is 2.52 bits per heavy atom. The van der Waals surface area contributed by atoms with E-state index in [9.17, 15) is 8.78 Å². The number of rotatable bonds is 5. The first-order valence-electron chi connectivity index (χ1n) is 6.49. The van der Waals surface area contributed by atoms with Gasteiger partial charge in [0.15, 0.2) is 11.6 Å². The highest BCUT2D eigenvalue weighted by molar-refractivity contribution is 9.10. The van der Waals surface area contributed by atoms with Gasteiger partial charge in [0, 0.05) is 10.5 Å². The predicted octanol–water partition coefficient (Wildman–Crippen LogP) is 4.24.